The molecule has 0 aliphatic heterocycles. The molecule has 0 fully saturated rings. The summed E-state index contributed by atoms with van der Waals surface area (Å²) in [6, 6.07) is 0. The van der Waals surface area contributed by atoms with Crippen LogP contribution in [-0.4, -0.2) is 23.1 Å². The van der Waals surface area contributed by atoms with Gasteiger partial charge in [0, 0.05) is 13.1 Å². The topological polar surface area (TPSA) is 55.0 Å². The van der Waals surface area contributed by atoms with Crippen LogP contribution in [0, 0.1) is 0 Å². The Morgan fingerprint density at radius 3 is 1.93 bits per heavy atom. The molecule has 0 amide bonds. The van der Waals surface area contributed by atoms with Crippen molar-refractivity contribution in [2.24, 2.45) is 0 Å². The van der Waals surface area contributed by atoms with Crippen molar-refractivity contribution in [2.75, 3.05) is 23.7 Å². The van der Waals surface area contributed by atoms with Crippen LogP contribution in [0.15, 0.2) is 12.4 Å². The van der Waals surface area contributed by atoms with Crippen LogP contribution in [0.25, 0.3) is 0 Å². The van der Waals surface area contributed by atoms with Crippen molar-refractivity contribution in [3.8, 4) is 0 Å². The monoisotopic (exact) mass is 238 g/mol. The van der Waals surface area contributed by atoms with E-state index < -0.39 is 0 Å². The molecule has 0 spiro atoms. The van der Waals surface area contributed by atoms with Crippen LogP contribution in [-0.2, 0) is 0 Å². The van der Waals surface area contributed by atoms with E-state index in [0.717, 1.165) is 19.0 Å². The van der Waals surface area contributed by atoms with Crippen LogP contribution in [0.3, 0.4) is 0 Å². The third kappa shape index (κ3) is 3.98. The number of nitrogens with zero attached hydrogens (tertiary/aromatic N) is 3. The summed E-state index contributed by atoms with van der Waals surface area (Å²) >= 11 is 0. The molecule has 4 nitrogen and oxygen atoms in total. The van der Waals surface area contributed by atoms with Crippen LogP contribution in [0.5, 0.6) is 0 Å². The molecule has 14 heavy (non-hydrogen) atoms. The lowest BCUT2D eigenvalue weighted by Gasteiger charge is -2.17. The molecule has 1 aromatic heterocycles. The highest BCUT2D eigenvalue weighted by Crippen LogP contribution is 2.06. The number of aromatic nitrogens is 2. The first-order chi connectivity index (χ1) is 5.77. The van der Waals surface area contributed by atoms with Gasteiger partial charge in [-0.25, -0.2) is 9.97 Å². The molecule has 0 bridgehead atoms. The number of hydrogen-bond acceptors (Lipinski definition) is 4. The van der Waals surface area contributed by atoms with E-state index >= 15 is 0 Å². The molecule has 0 aliphatic rings. The molecule has 6 heteroatoms. The average Bonchev–Trinajstić information content (AvgIpc) is 2.10. The number of anilines is 2. The average molecular weight is 239 g/mol. The van der Waals surface area contributed by atoms with Gasteiger partial charge in [0.25, 0.3) is 0 Å². The van der Waals surface area contributed by atoms with Gasteiger partial charge in [-0.1, -0.05) is 0 Å². The highest BCUT2D eigenvalue weighted by molar-refractivity contribution is 5.85. The van der Waals surface area contributed by atoms with Crippen molar-refractivity contribution < 1.29 is 0 Å². The van der Waals surface area contributed by atoms with Crippen molar-refractivity contribution in [3.05, 3.63) is 12.4 Å². The maximum Gasteiger partial charge on any atom is 0.225 e. The normalized spacial score (nSPS) is 8.43. The lowest BCUT2D eigenvalue weighted by Crippen LogP contribution is -2.23. The third-order valence-corrected chi connectivity index (χ3v) is 1.70. The molecule has 2 N–H and O–H groups in total. The zero-order valence-corrected chi connectivity index (χ0v) is 9.94. The molecule has 1 rings (SSSR count). The molecule has 1 heterocycles. The van der Waals surface area contributed by atoms with Gasteiger partial charge in [-0.15, -0.1) is 24.8 Å². The lowest BCUT2D eigenvalue weighted by molar-refractivity contribution is 0.821. The molecule has 0 aromatic carbocycles. The summed E-state index contributed by atoms with van der Waals surface area (Å²) < 4.78 is 0. The SMILES string of the molecule is CCN(CC)c1ncc(N)cn1.Cl.Cl. The zero-order chi connectivity index (χ0) is 8.97. The summed E-state index contributed by atoms with van der Waals surface area (Å²) in [4.78, 5) is 10.3. The minimum Gasteiger partial charge on any atom is -0.396 e. The second kappa shape index (κ2) is 7.64. The van der Waals surface area contributed by atoms with Gasteiger partial charge in [-0.05, 0) is 13.8 Å². The van der Waals surface area contributed by atoms with Gasteiger partial charge in [0.15, 0.2) is 0 Å². The van der Waals surface area contributed by atoms with Gasteiger partial charge in [-0.2, -0.15) is 0 Å². The van der Waals surface area contributed by atoms with E-state index in [2.05, 4.69) is 28.7 Å². The number of halogens is 2. The Morgan fingerprint density at radius 2 is 1.57 bits per heavy atom. The molecule has 0 unspecified atom stereocenters. The van der Waals surface area contributed by atoms with E-state index in [1.165, 1.54) is 0 Å². The van der Waals surface area contributed by atoms with Gasteiger partial charge in [0.1, 0.15) is 0 Å². The van der Waals surface area contributed by atoms with Crippen molar-refractivity contribution >= 4 is 36.4 Å². The van der Waals surface area contributed by atoms with Crippen LogP contribution >= 0.6 is 24.8 Å². The fourth-order valence-corrected chi connectivity index (χ4v) is 1.00. The molecular formula is C8H16Cl2N4. The summed E-state index contributed by atoms with van der Waals surface area (Å²) in [5.74, 6) is 0.745. The molecule has 0 atom stereocenters. The predicted molar refractivity (Wildman–Crippen MR) is 64.5 cm³/mol. The minimum atomic E-state index is 0. The van der Waals surface area contributed by atoms with Crippen molar-refractivity contribution in [2.45, 2.75) is 13.8 Å². The Bertz CT molecular complexity index is 236. The van der Waals surface area contributed by atoms with Crippen LogP contribution in [0.4, 0.5) is 11.6 Å². The Hall–Kier alpha value is -0.740. The van der Waals surface area contributed by atoms with Crippen LogP contribution < -0.4 is 10.6 Å². The summed E-state index contributed by atoms with van der Waals surface area (Å²) in [5, 5.41) is 0. The fourth-order valence-electron chi connectivity index (χ4n) is 1.00. The van der Waals surface area contributed by atoms with Crippen LogP contribution in [0.2, 0.25) is 0 Å². The zero-order valence-electron chi connectivity index (χ0n) is 8.30. The maximum absolute atomic E-state index is 5.47. The second-order valence-electron chi connectivity index (χ2n) is 2.49. The van der Waals surface area contributed by atoms with E-state index in [0.29, 0.717) is 5.69 Å². The van der Waals surface area contributed by atoms with E-state index in [4.69, 9.17) is 5.73 Å². The lowest BCUT2D eigenvalue weighted by atomic mass is 10.5. The molecular weight excluding hydrogens is 223 g/mol. The smallest absolute Gasteiger partial charge is 0.225 e. The Labute approximate surface area is 96.7 Å². The quantitative estimate of drug-likeness (QED) is 0.872. The van der Waals surface area contributed by atoms with E-state index in [1.54, 1.807) is 12.4 Å². The molecule has 82 valence electrons. The van der Waals surface area contributed by atoms with Crippen molar-refractivity contribution in [1.29, 1.82) is 0 Å². The third-order valence-electron chi connectivity index (χ3n) is 1.70. The van der Waals surface area contributed by atoms with E-state index in [-0.39, 0.29) is 24.8 Å². The Kier molecular flexibility index (Phi) is 8.58. The first kappa shape index (κ1) is 15.7. The van der Waals surface area contributed by atoms with Gasteiger partial charge in [0.2, 0.25) is 5.95 Å². The Balaban J connectivity index is 0. The standard InChI is InChI=1S/C8H14N4.2ClH/c1-3-12(4-2)8-10-5-7(9)6-11-8;;/h5-6H,3-4,9H2,1-2H3;2*1H. The van der Waals surface area contributed by atoms with Crippen molar-refractivity contribution in [3.63, 3.8) is 0 Å². The highest BCUT2D eigenvalue weighted by atomic mass is 35.5. The minimum absolute atomic E-state index is 0. The second-order valence-corrected chi connectivity index (χ2v) is 2.49. The first-order valence-electron chi connectivity index (χ1n) is 4.10. The molecule has 0 radical (unpaired) electrons. The predicted octanol–water partition coefficient (Wildman–Crippen LogP) is 1.75. The first-order valence-corrected chi connectivity index (χ1v) is 4.10. The van der Waals surface area contributed by atoms with Gasteiger partial charge < -0.3 is 10.6 Å². The van der Waals surface area contributed by atoms with Crippen molar-refractivity contribution in [1.82, 2.24) is 9.97 Å². The summed E-state index contributed by atoms with van der Waals surface area (Å²) in [7, 11) is 0. The molecule has 0 aliphatic carbocycles. The number of rotatable bonds is 3. The van der Waals surface area contributed by atoms with Gasteiger partial charge in [-0.3, -0.25) is 0 Å². The Morgan fingerprint density at radius 1 is 1.14 bits per heavy atom. The molecule has 1 aromatic rings. The molecule has 0 saturated heterocycles. The fraction of sp³-hybridized carbons (Fsp3) is 0.500. The number of nitrogens with two attached hydrogens (primary N) is 1. The number of hydrogen-bond donors (Lipinski definition) is 1. The summed E-state index contributed by atoms with van der Waals surface area (Å²) in [6.45, 7) is 5.98. The number of nitrogen functional groups attached to an aromatic ring is 1. The van der Waals surface area contributed by atoms with Gasteiger partial charge >= 0.3 is 0 Å². The maximum atomic E-state index is 5.47. The largest absolute Gasteiger partial charge is 0.396 e. The van der Waals surface area contributed by atoms with E-state index in [1.807, 2.05) is 0 Å². The summed E-state index contributed by atoms with van der Waals surface area (Å²) in [5.41, 5.74) is 6.07. The molecule has 0 saturated carbocycles. The van der Waals surface area contributed by atoms with E-state index in [9.17, 15) is 0 Å². The highest BCUT2D eigenvalue weighted by Gasteiger charge is 2.02. The van der Waals surface area contributed by atoms with Gasteiger partial charge in [0.05, 0.1) is 18.1 Å². The van der Waals surface area contributed by atoms with Crippen LogP contribution in [0.1, 0.15) is 13.8 Å². The summed E-state index contributed by atoms with van der Waals surface area (Å²) in [6.07, 6.45) is 3.25.